The Morgan fingerprint density at radius 3 is 2.31 bits per heavy atom. The molecule has 0 aliphatic rings. The van der Waals surface area contributed by atoms with Gasteiger partial charge in [0.25, 0.3) is 0 Å². The van der Waals surface area contributed by atoms with Gasteiger partial charge in [-0.1, -0.05) is 30.4 Å². The van der Waals surface area contributed by atoms with Gasteiger partial charge in [0.1, 0.15) is 5.75 Å². The summed E-state index contributed by atoms with van der Waals surface area (Å²) in [5.74, 6) is 0.265. The van der Waals surface area contributed by atoms with Crippen LogP contribution < -0.4 is 4.74 Å². The fourth-order valence-electron chi connectivity index (χ4n) is 1.14. The summed E-state index contributed by atoms with van der Waals surface area (Å²) >= 11 is 0. The summed E-state index contributed by atoms with van der Waals surface area (Å²) in [6, 6.07) is 7.40. The average molecular weight is 216 g/mol. The standard InChI is InChI=1S/C14H16O2/c1-4-6-12-7-9-13(10-8-12)16-14(15)11(3)5-2/h4-10H,1-3H3. The molecule has 0 saturated carbocycles. The van der Waals surface area contributed by atoms with Gasteiger partial charge in [-0.05, 0) is 38.5 Å². The van der Waals surface area contributed by atoms with Crippen LogP contribution in [0.15, 0.2) is 42.0 Å². The molecule has 0 N–H and O–H groups in total. The second-order valence-corrected chi connectivity index (χ2v) is 3.43. The highest BCUT2D eigenvalue weighted by Gasteiger charge is 2.05. The van der Waals surface area contributed by atoms with Crippen LogP contribution in [-0.4, -0.2) is 5.97 Å². The molecule has 1 aromatic carbocycles. The molecule has 84 valence electrons. The lowest BCUT2D eigenvalue weighted by Gasteiger charge is -2.04. The Kier molecular flexibility index (Phi) is 4.52. The largest absolute Gasteiger partial charge is 0.423 e. The van der Waals surface area contributed by atoms with Crippen molar-refractivity contribution in [1.82, 2.24) is 0 Å². The van der Waals surface area contributed by atoms with Gasteiger partial charge < -0.3 is 4.74 Å². The molecule has 0 atom stereocenters. The molecule has 0 unspecified atom stereocenters. The molecule has 2 heteroatoms. The van der Waals surface area contributed by atoms with Crippen molar-refractivity contribution < 1.29 is 9.53 Å². The van der Waals surface area contributed by atoms with Crippen LogP contribution in [0, 0.1) is 0 Å². The van der Waals surface area contributed by atoms with E-state index in [1.807, 2.05) is 38.1 Å². The van der Waals surface area contributed by atoms with Crippen molar-refractivity contribution in [2.75, 3.05) is 0 Å². The zero-order valence-electron chi connectivity index (χ0n) is 9.86. The zero-order valence-corrected chi connectivity index (χ0v) is 9.86. The number of rotatable bonds is 3. The summed E-state index contributed by atoms with van der Waals surface area (Å²) < 4.78 is 5.17. The third-order valence-electron chi connectivity index (χ3n) is 2.20. The number of hydrogen-bond acceptors (Lipinski definition) is 2. The first-order valence-electron chi connectivity index (χ1n) is 5.25. The molecule has 0 saturated heterocycles. The summed E-state index contributed by atoms with van der Waals surface area (Å²) in [6.45, 7) is 5.51. The molecule has 0 bridgehead atoms. The van der Waals surface area contributed by atoms with Crippen molar-refractivity contribution in [3.63, 3.8) is 0 Å². The Balaban J connectivity index is 2.72. The van der Waals surface area contributed by atoms with E-state index in [9.17, 15) is 4.79 Å². The van der Waals surface area contributed by atoms with E-state index in [0.29, 0.717) is 11.3 Å². The van der Waals surface area contributed by atoms with Crippen LogP contribution in [-0.2, 0) is 4.79 Å². The third kappa shape index (κ3) is 3.39. The van der Waals surface area contributed by atoms with Gasteiger partial charge in [-0.3, -0.25) is 0 Å². The van der Waals surface area contributed by atoms with Crippen molar-refractivity contribution in [2.24, 2.45) is 0 Å². The Morgan fingerprint density at radius 2 is 1.81 bits per heavy atom. The van der Waals surface area contributed by atoms with Gasteiger partial charge in [0.15, 0.2) is 0 Å². The van der Waals surface area contributed by atoms with E-state index in [0.717, 1.165) is 5.56 Å². The minimum Gasteiger partial charge on any atom is -0.423 e. The van der Waals surface area contributed by atoms with Crippen molar-refractivity contribution in [3.05, 3.63) is 47.6 Å². The normalized spacial score (nSPS) is 11.8. The number of carbonyl (C=O) groups excluding carboxylic acids is 1. The predicted molar refractivity (Wildman–Crippen MR) is 66.2 cm³/mol. The minimum atomic E-state index is -0.304. The molecule has 1 rings (SSSR count). The average Bonchev–Trinajstić information content (AvgIpc) is 2.31. The molecule has 0 spiro atoms. The van der Waals surface area contributed by atoms with Gasteiger partial charge >= 0.3 is 5.97 Å². The lowest BCUT2D eigenvalue weighted by atomic mass is 10.2. The highest BCUT2D eigenvalue weighted by molar-refractivity contribution is 5.89. The zero-order chi connectivity index (χ0) is 12.0. The molecule has 0 heterocycles. The topological polar surface area (TPSA) is 26.3 Å². The lowest BCUT2D eigenvalue weighted by molar-refractivity contribution is -0.130. The maximum atomic E-state index is 11.4. The first kappa shape index (κ1) is 12.2. The van der Waals surface area contributed by atoms with Crippen LogP contribution in [0.25, 0.3) is 6.08 Å². The van der Waals surface area contributed by atoms with E-state index in [-0.39, 0.29) is 5.97 Å². The first-order valence-corrected chi connectivity index (χ1v) is 5.25. The highest BCUT2D eigenvalue weighted by Crippen LogP contribution is 2.14. The van der Waals surface area contributed by atoms with Gasteiger partial charge in [-0.25, -0.2) is 4.79 Å². The Hall–Kier alpha value is -1.83. The van der Waals surface area contributed by atoms with E-state index in [1.165, 1.54) is 0 Å². The Morgan fingerprint density at radius 1 is 1.19 bits per heavy atom. The maximum absolute atomic E-state index is 11.4. The monoisotopic (exact) mass is 216 g/mol. The van der Waals surface area contributed by atoms with Crippen LogP contribution in [0.2, 0.25) is 0 Å². The minimum absolute atomic E-state index is 0.304. The number of ether oxygens (including phenoxy) is 1. The molecule has 16 heavy (non-hydrogen) atoms. The second kappa shape index (κ2) is 5.91. The molecule has 0 aliphatic heterocycles. The number of allylic oxidation sites excluding steroid dienone is 2. The SMILES string of the molecule is CC=Cc1ccc(OC(=O)C(C)=CC)cc1. The van der Waals surface area contributed by atoms with Crippen LogP contribution in [0.3, 0.4) is 0 Å². The number of benzene rings is 1. The molecule has 0 fully saturated rings. The molecular formula is C14H16O2. The summed E-state index contributed by atoms with van der Waals surface area (Å²) in [7, 11) is 0. The van der Waals surface area contributed by atoms with Gasteiger partial charge in [0, 0.05) is 5.57 Å². The van der Waals surface area contributed by atoms with Crippen molar-refractivity contribution in [3.8, 4) is 5.75 Å². The smallest absolute Gasteiger partial charge is 0.338 e. The predicted octanol–water partition coefficient (Wildman–Crippen LogP) is 3.59. The van der Waals surface area contributed by atoms with E-state index in [2.05, 4.69) is 0 Å². The number of hydrogen-bond donors (Lipinski definition) is 0. The van der Waals surface area contributed by atoms with E-state index in [4.69, 9.17) is 4.74 Å². The molecule has 0 aromatic heterocycles. The molecule has 0 aliphatic carbocycles. The molecule has 2 nitrogen and oxygen atoms in total. The molecular weight excluding hydrogens is 200 g/mol. The fraction of sp³-hybridized carbons (Fsp3) is 0.214. The summed E-state index contributed by atoms with van der Waals surface area (Å²) in [6.07, 6.45) is 5.68. The Labute approximate surface area is 96.2 Å². The van der Waals surface area contributed by atoms with Crippen molar-refractivity contribution in [2.45, 2.75) is 20.8 Å². The molecule has 1 aromatic rings. The van der Waals surface area contributed by atoms with E-state index < -0.39 is 0 Å². The van der Waals surface area contributed by atoms with Gasteiger partial charge in [-0.15, -0.1) is 0 Å². The van der Waals surface area contributed by atoms with Crippen LogP contribution in [0.4, 0.5) is 0 Å². The van der Waals surface area contributed by atoms with Crippen LogP contribution in [0.1, 0.15) is 26.3 Å². The Bertz CT molecular complexity index is 411. The van der Waals surface area contributed by atoms with Crippen LogP contribution >= 0.6 is 0 Å². The molecule has 0 radical (unpaired) electrons. The number of carbonyl (C=O) groups is 1. The fourth-order valence-corrected chi connectivity index (χ4v) is 1.14. The van der Waals surface area contributed by atoms with E-state index in [1.54, 1.807) is 25.1 Å². The summed E-state index contributed by atoms with van der Waals surface area (Å²) in [4.78, 5) is 11.4. The summed E-state index contributed by atoms with van der Waals surface area (Å²) in [5.41, 5.74) is 1.70. The first-order chi connectivity index (χ1) is 7.67. The van der Waals surface area contributed by atoms with Crippen molar-refractivity contribution in [1.29, 1.82) is 0 Å². The van der Waals surface area contributed by atoms with Crippen molar-refractivity contribution >= 4 is 12.0 Å². The molecule has 0 amide bonds. The highest BCUT2D eigenvalue weighted by atomic mass is 16.5. The van der Waals surface area contributed by atoms with Crippen LogP contribution in [0.5, 0.6) is 5.75 Å². The van der Waals surface area contributed by atoms with Gasteiger partial charge in [0.2, 0.25) is 0 Å². The number of esters is 1. The third-order valence-corrected chi connectivity index (χ3v) is 2.20. The lowest BCUT2D eigenvalue weighted by Crippen LogP contribution is -2.08. The quantitative estimate of drug-likeness (QED) is 0.438. The van der Waals surface area contributed by atoms with Gasteiger partial charge in [0.05, 0.1) is 0 Å². The summed E-state index contributed by atoms with van der Waals surface area (Å²) in [5, 5.41) is 0. The van der Waals surface area contributed by atoms with Gasteiger partial charge in [-0.2, -0.15) is 0 Å². The second-order valence-electron chi connectivity index (χ2n) is 3.43. The van der Waals surface area contributed by atoms with E-state index >= 15 is 0 Å². The maximum Gasteiger partial charge on any atom is 0.338 e.